The van der Waals surface area contributed by atoms with Gasteiger partial charge in [0.25, 0.3) is 5.91 Å². The van der Waals surface area contributed by atoms with Crippen LogP contribution in [-0.2, 0) is 11.4 Å². The number of nitrogens with zero attached hydrogens (tertiary/aromatic N) is 1. The Kier molecular flexibility index (Phi) is 6.82. The van der Waals surface area contributed by atoms with E-state index in [2.05, 4.69) is 10.3 Å². The number of carboxylic acids is 1. The van der Waals surface area contributed by atoms with Crippen LogP contribution in [0, 0.1) is 6.92 Å². The van der Waals surface area contributed by atoms with Crippen molar-refractivity contribution in [1.29, 1.82) is 0 Å². The minimum atomic E-state index is -1.03. The summed E-state index contributed by atoms with van der Waals surface area (Å²) in [7, 11) is 0. The van der Waals surface area contributed by atoms with Gasteiger partial charge in [-0.05, 0) is 66.2 Å². The number of amidine groups is 1. The van der Waals surface area contributed by atoms with E-state index in [1.807, 2.05) is 55.5 Å². The highest BCUT2D eigenvalue weighted by molar-refractivity contribution is 8.18. The fraction of sp³-hybridized carbons (Fsp3) is 0.0800. The third-order valence-corrected chi connectivity index (χ3v) is 6.14. The summed E-state index contributed by atoms with van der Waals surface area (Å²) in [5, 5.41) is 13.0. The Balaban J connectivity index is 1.45. The summed E-state index contributed by atoms with van der Waals surface area (Å²) in [6.07, 6.45) is 1.76. The van der Waals surface area contributed by atoms with Gasteiger partial charge in [0.2, 0.25) is 0 Å². The first-order chi connectivity index (χ1) is 15.9. The molecule has 3 aromatic rings. The van der Waals surface area contributed by atoms with Crippen molar-refractivity contribution in [1.82, 2.24) is 5.32 Å². The van der Waals surface area contributed by atoms with Crippen molar-refractivity contribution in [2.24, 2.45) is 4.99 Å². The summed E-state index contributed by atoms with van der Waals surface area (Å²) in [5.41, 5.74) is 3.19. The number of amides is 1. The van der Waals surface area contributed by atoms with Crippen molar-refractivity contribution in [2.45, 2.75) is 13.5 Å². The van der Waals surface area contributed by atoms with Crippen LogP contribution in [0.15, 0.2) is 76.6 Å². The van der Waals surface area contributed by atoms with E-state index in [-0.39, 0.29) is 11.5 Å². The Morgan fingerprint density at radius 1 is 1.15 bits per heavy atom. The molecule has 0 spiro atoms. The number of carboxylic acid groups (broad SMARTS) is 1. The molecule has 1 fully saturated rings. The lowest BCUT2D eigenvalue weighted by Crippen LogP contribution is -2.19. The second kappa shape index (κ2) is 9.94. The third kappa shape index (κ3) is 5.63. The number of carbonyl (C=O) groups excluding carboxylic acids is 1. The van der Waals surface area contributed by atoms with Crippen LogP contribution in [0.2, 0.25) is 5.02 Å². The molecule has 0 aliphatic carbocycles. The van der Waals surface area contributed by atoms with Crippen LogP contribution in [0.4, 0.5) is 5.69 Å². The molecule has 166 valence electrons. The Morgan fingerprint density at radius 3 is 2.64 bits per heavy atom. The molecule has 2 N–H and O–H groups in total. The van der Waals surface area contributed by atoms with Crippen LogP contribution in [0.3, 0.4) is 0 Å². The molecule has 1 amide bonds. The molecule has 1 aliphatic rings. The minimum Gasteiger partial charge on any atom is -0.489 e. The number of hydrogen-bond donors (Lipinski definition) is 2. The summed E-state index contributed by atoms with van der Waals surface area (Å²) in [6.45, 7) is 2.19. The lowest BCUT2D eigenvalue weighted by molar-refractivity contribution is -0.115. The van der Waals surface area contributed by atoms with E-state index in [4.69, 9.17) is 16.3 Å². The van der Waals surface area contributed by atoms with Crippen molar-refractivity contribution in [3.8, 4) is 5.75 Å². The van der Waals surface area contributed by atoms with Gasteiger partial charge in [0.1, 0.15) is 12.4 Å². The van der Waals surface area contributed by atoms with E-state index in [0.717, 1.165) is 16.7 Å². The topological polar surface area (TPSA) is 88.0 Å². The molecule has 4 rings (SSSR count). The molecule has 3 aromatic carbocycles. The lowest BCUT2D eigenvalue weighted by atomic mass is 10.1. The fourth-order valence-corrected chi connectivity index (χ4v) is 4.07. The van der Waals surface area contributed by atoms with Crippen molar-refractivity contribution in [3.63, 3.8) is 0 Å². The fourth-order valence-electron chi connectivity index (χ4n) is 3.04. The number of aliphatic imine (C=N–C) groups is 1. The lowest BCUT2D eigenvalue weighted by Gasteiger charge is -2.08. The first kappa shape index (κ1) is 22.6. The Morgan fingerprint density at radius 2 is 1.91 bits per heavy atom. The largest absolute Gasteiger partial charge is 0.489 e. The monoisotopic (exact) mass is 478 g/mol. The molecule has 33 heavy (non-hydrogen) atoms. The highest BCUT2D eigenvalue weighted by Gasteiger charge is 2.24. The first-order valence-corrected chi connectivity index (χ1v) is 11.2. The van der Waals surface area contributed by atoms with Crippen LogP contribution in [0.1, 0.15) is 27.0 Å². The van der Waals surface area contributed by atoms with Gasteiger partial charge in [0.15, 0.2) is 5.17 Å². The quantitative estimate of drug-likeness (QED) is 0.436. The molecular weight excluding hydrogens is 460 g/mol. The van der Waals surface area contributed by atoms with Crippen LogP contribution in [-0.4, -0.2) is 22.2 Å². The molecule has 0 aromatic heterocycles. The summed E-state index contributed by atoms with van der Waals surface area (Å²) < 4.78 is 5.79. The van der Waals surface area contributed by atoms with Gasteiger partial charge < -0.3 is 15.2 Å². The van der Waals surface area contributed by atoms with Crippen LogP contribution < -0.4 is 10.1 Å². The number of aromatic carboxylic acids is 1. The zero-order valence-electron chi connectivity index (χ0n) is 17.5. The van der Waals surface area contributed by atoms with Gasteiger partial charge in [-0.25, -0.2) is 9.79 Å². The zero-order chi connectivity index (χ0) is 23.4. The number of thioether (sulfide) groups is 1. The van der Waals surface area contributed by atoms with Gasteiger partial charge in [-0.2, -0.15) is 0 Å². The van der Waals surface area contributed by atoms with Gasteiger partial charge in [0.05, 0.1) is 16.2 Å². The van der Waals surface area contributed by atoms with Gasteiger partial charge >= 0.3 is 5.97 Å². The summed E-state index contributed by atoms with van der Waals surface area (Å²) in [5.74, 6) is -0.596. The molecule has 8 heteroatoms. The Labute approximate surface area is 200 Å². The van der Waals surface area contributed by atoms with E-state index in [1.54, 1.807) is 12.1 Å². The maximum atomic E-state index is 12.4. The van der Waals surface area contributed by atoms with Crippen LogP contribution in [0.5, 0.6) is 5.75 Å². The molecule has 0 unspecified atom stereocenters. The first-order valence-electron chi connectivity index (χ1n) is 9.99. The number of hydrogen-bond acceptors (Lipinski definition) is 5. The van der Waals surface area contributed by atoms with Gasteiger partial charge in [0, 0.05) is 10.6 Å². The molecule has 0 saturated carbocycles. The number of carbonyl (C=O) groups is 2. The van der Waals surface area contributed by atoms with E-state index in [1.165, 1.54) is 23.9 Å². The molecule has 0 radical (unpaired) electrons. The molecule has 1 aliphatic heterocycles. The Hall–Kier alpha value is -3.55. The highest BCUT2D eigenvalue weighted by atomic mass is 35.5. The van der Waals surface area contributed by atoms with Crippen molar-refractivity contribution in [3.05, 3.63) is 98.9 Å². The van der Waals surface area contributed by atoms with E-state index in [0.29, 0.717) is 33.1 Å². The average molecular weight is 479 g/mol. The van der Waals surface area contributed by atoms with Gasteiger partial charge in [-0.1, -0.05) is 48.0 Å². The number of rotatable bonds is 6. The summed E-state index contributed by atoms with van der Waals surface area (Å²) in [6, 6.07) is 19.6. The smallest absolute Gasteiger partial charge is 0.335 e. The predicted molar refractivity (Wildman–Crippen MR) is 131 cm³/mol. The highest BCUT2D eigenvalue weighted by Crippen LogP contribution is 2.30. The maximum Gasteiger partial charge on any atom is 0.335 e. The Bertz CT molecular complexity index is 1290. The maximum absolute atomic E-state index is 12.4. The second-order valence-electron chi connectivity index (χ2n) is 7.24. The number of ether oxygens (including phenoxy) is 1. The van der Waals surface area contributed by atoms with Crippen molar-refractivity contribution in [2.75, 3.05) is 0 Å². The number of benzene rings is 3. The number of aryl methyl sites for hydroxylation is 1. The summed E-state index contributed by atoms with van der Waals surface area (Å²) >= 11 is 7.36. The van der Waals surface area contributed by atoms with E-state index in [9.17, 15) is 14.7 Å². The van der Waals surface area contributed by atoms with Crippen LogP contribution >= 0.6 is 23.4 Å². The minimum absolute atomic E-state index is 0.141. The van der Waals surface area contributed by atoms with Gasteiger partial charge in [-0.15, -0.1) is 0 Å². The van der Waals surface area contributed by atoms with E-state index >= 15 is 0 Å². The van der Waals surface area contributed by atoms with Crippen LogP contribution in [0.25, 0.3) is 6.08 Å². The molecule has 0 bridgehead atoms. The molecule has 1 saturated heterocycles. The zero-order valence-corrected chi connectivity index (χ0v) is 19.1. The standard InChI is InChI=1S/C25H19ClN2O4S/c1-15-6-9-17(24(30)31)13-21(15)27-25-28-23(29)22(33-25)12-16-7-10-19(11-8-16)32-14-18-4-2-3-5-20(18)26/h2-13H,14H2,1H3,(H,30,31)(H,27,28,29)/b22-12-. The number of nitrogens with one attached hydrogen (secondary N) is 1. The predicted octanol–water partition coefficient (Wildman–Crippen LogP) is 5.82. The summed E-state index contributed by atoms with van der Waals surface area (Å²) in [4.78, 5) is 28.5. The number of halogens is 1. The third-order valence-electron chi connectivity index (χ3n) is 4.86. The molecular formula is C25H19ClN2O4S. The SMILES string of the molecule is Cc1ccc(C(=O)O)cc1N=C1NC(=O)/C(=C/c2ccc(OCc3ccccc3Cl)cc2)S1. The average Bonchev–Trinajstić information content (AvgIpc) is 3.14. The van der Waals surface area contributed by atoms with Crippen molar-refractivity contribution >= 4 is 52.2 Å². The van der Waals surface area contributed by atoms with E-state index < -0.39 is 5.97 Å². The molecule has 0 atom stereocenters. The molecule has 1 heterocycles. The van der Waals surface area contributed by atoms with Crippen molar-refractivity contribution < 1.29 is 19.4 Å². The second-order valence-corrected chi connectivity index (χ2v) is 8.68. The molecule has 6 nitrogen and oxygen atoms in total. The normalized spacial score (nSPS) is 15.6. The van der Waals surface area contributed by atoms with Gasteiger partial charge in [-0.3, -0.25) is 4.79 Å².